The smallest absolute Gasteiger partial charge is 0.220 e. The van der Waals surface area contributed by atoms with Gasteiger partial charge >= 0.3 is 0 Å². The Kier molecular flexibility index (Phi) is 39.9. The van der Waals surface area contributed by atoms with Gasteiger partial charge in [0.1, 0.15) is 0 Å². The molecule has 1 amide bonds. The number of amides is 1. The van der Waals surface area contributed by atoms with Crippen molar-refractivity contribution in [3.05, 3.63) is 60.8 Å². The average Bonchev–Trinajstić information content (AvgIpc) is 3.12. The summed E-state index contributed by atoms with van der Waals surface area (Å²) in [5, 5.41) is 23.1. The summed E-state index contributed by atoms with van der Waals surface area (Å²) in [6, 6.07) is -0.556. The van der Waals surface area contributed by atoms with E-state index in [9.17, 15) is 15.0 Å². The van der Waals surface area contributed by atoms with Crippen molar-refractivity contribution in [2.75, 3.05) is 6.61 Å². The summed E-state index contributed by atoms with van der Waals surface area (Å²) < 4.78 is 0. The molecule has 0 bridgehead atoms. The van der Waals surface area contributed by atoms with E-state index in [0.717, 1.165) is 70.6 Å². The van der Waals surface area contributed by atoms with Gasteiger partial charge in [0.05, 0.1) is 18.8 Å². The van der Waals surface area contributed by atoms with Crippen LogP contribution >= 0.6 is 0 Å². The zero-order chi connectivity index (χ0) is 36.4. The molecule has 0 saturated heterocycles. The molecule has 4 nitrogen and oxygen atoms in total. The van der Waals surface area contributed by atoms with Crippen LogP contribution in [-0.2, 0) is 4.79 Å². The number of aliphatic hydroxyl groups is 2. The fraction of sp³-hybridized carbons (Fsp3) is 0.761. The molecule has 0 aliphatic rings. The van der Waals surface area contributed by atoms with Crippen LogP contribution in [0.5, 0.6) is 0 Å². The molecular formula is C46H83NO3. The lowest BCUT2D eigenvalue weighted by molar-refractivity contribution is -0.123. The highest BCUT2D eigenvalue weighted by molar-refractivity contribution is 5.76. The van der Waals surface area contributed by atoms with Crippen LogP contribution in [0.1, 0.15) is 206 Å². The third-order valence-corrected chi connectivity index (χ3v) is 9.54. The maximum absolute atomic E-state index is 12.4. The molecule has 0 radical (unpaired) electrons. The number of unbranched alkanes of at least 4 members (excludes halogenated alkanes) is 21. The van der Waals surface area contributed by atoms with Crippen molar-refractivity contribution >= 4 is 5.91 Å². The number of hydrogen-bond donors (Lipinski definition) is 3. The zero-order valence-corrected chi connectivity index (χ0v) is 33.2. The van der Waals surface area contributed by atoms with E-state index < -0.39 is 12.1 Å². The Labute approximate surface area is 311 Å². The van der Waals surface area contributed by atoms with Crippen LogP contribution in [0, 0.1) is 0 Å². The van der Waals surface area contributed by atoms with Gasteiger partial charge in [0.15, 0.2) is 0 Å². The molecule has 2 atom stereocenters. The number of carbonyl (C=O) groups excluding carboxylic acids is 1. The number of carbonyl (C=O) groups is 1. The largest absolute Gasteiger partial charge is 0.394 e. The van der Waals surface area contributed by atoms with E-state index in [1.807, 2.05) is 0 Å². The van der Waals surface area contributed by atoms with Crippen molar-refractivity contribution < 1.29 is 15.0 Å². The molecule has 0 aromatic heterocycles. The fourth-order valence-electron chi connectivity index (χ4n) is 6.27. The Balaban J connectivity index is 3.61. The molecule has 50 heavy (non-hydrogen) atoms. The van der Waals surface area contributed by atoms with Crippen LogP contribution in [0.2, 0.25) is 0 Å². The molecule has 0 aliphatic heterocycles. The van der Waals surface area contributed by atoms with Crippen LogP contribution in [0.15, 0.2) is 60.8 Å². The Hall–Kier alpha value is -1.91. The van der Waals surface area contributed by atoms with Gasteiger partial charge in [0.2, 0.25) is 5.91 Å². The van der Waals surface area contributed by atoms with E-state index in [1.54, 1.807) is 0 Å². The minimum Gasteiger partial charge on any atom is -0.394 e. The van der Waals surface area contributed by atoms with Crippen molar-refractivity contribution in [3.63, 3.8) is 0 Å². The Morgan fingerprint density at radius 1 is 0.500 bits per heavy atom. The van der Waals surface area contributed by atoms with E-state index in [2.05, 4.69) is 79.9 Å². The maximum Gasteiger partial charge on any atom is 0.220 e. The zero-order valence-electron chi connectivity index (χ0n) is 33.2. The topological polar surface area (TPSA) is 69.6 Å². The first-order chi connectivity index (χ1) is 24.7. The van der Waals surface area contributed by atoms with Gasteiger partial charge in [-0.15, -0.1) is 0 Å². The normalized spacial score (nSPS) is 13.6. The van der Waals surface area contributed by atoms with Crippen molar-refractivity contribution in [3.8, 4) is 0 Å². The van der Waals surface area contributed by atoms with Crippen LogP contribution in [-0.4, -0.2) is 34.9 Å². The molecule has 0 aromatic carbocycles. The Morgan fingerprint density at radius 3 is 1.30 bits per heavy atom. The molecule has 0 heterocycles. The van der Waals surface area contributed by atoms with Gasteiger partial charge in [-0.3, -0.25) is 4.79 Å². The molecule has 3 N–H and O–H groups in total. The molecule has 2 unspecified atom stereocenters. The van der Waals surface area contributed by atoms with Crippen LogP contribution in [0.4, 0.5) is 0 Å². The van der Waals surface area contributed by atoms with Crippen LogP contribution < -0.4 is 5.32 Å². The first-order valence-corrected chi connectivity index (χ1v) is 21.5. The Bertz CT molecular complexity index is 842. The lowest BCUT2D eigenvalue weighted by Gasteiger charge is -2.22. The molecular weight excluding hydrogens is 615 g/mol. The van der Waals surface area contributed by atoms with E-state index in [4.69, 9.17) is 0 Å². The van der Waals surface area contributed by atoms with E-state index >= 15 is 0 Å². The van der Waals surface area contributed by atoms with E-state index in [-0.39, 0.29) is 12.5 Å². The third kappa shape index (κ3) is 37.3. The second-order valence-corrected chi connectivity index (χ2v) is 14.4. The monoisotopic (exact) mass is 698 g/mol. The van der Waals surface area contributed by atoms with Gasteiger partial charge in [-0.1, -0.05) is 203 Å². The summed E-state index contributed by atoms with van der Waals surface area (Å²) in [4.78, 5) is 12.4. The van der Waals surface area contributed by atoms with Crippen LogP contribution in [0.25, 0.3) is 0 Å². The summed E-state index contributed by atoms with van der Waals surface area (Å²) in [6.07, 6.45) is 57.2. The minimum atomic E-state index is -0.676. The highest BCUT2D eigenvalue weighted by Gasteiger charge is 2.19. The van der Waals surface area contributed by atoms with Crippen molar-refractivity contribution in [1.29, 1.82) is 0 Å². The summed E-state index contributed by atoms with van der Waals surface area (Å²) >= 11 is 0. The number of hydrogen-bond acceptors (Lipinski definition) is 3. The highest BCUT2D eigenvalue weighted by Crippen LogP contribution is 2.16. The van der Waals surface area contributed by atoms with Gasteiger partial charge in [0.25, 0.3) is 0 Å². The lowest BCUT2D eigenvalue weighted by atomic mass is 10.0. The maximum atomic E-state index is 12.4. The minimum absolute atomic E-state index is 0.0638. The van der Waals surface area contributed by atoms with Crippen molar-refractivity contribution in [2.45, 2.75) is 219 Å². The third-order valence-electron chi connectivity index (χ3n) is 9.54. The average molecular weight is 698 g/mol. The van der Waals surface area contributed by atoms with E-state index in [1.165, 1.54) is 109 Å². The molecule has 0 aliphatic carbocycles. The van der Waals surface area contributed by atoms with Gasteiger partial charge in [-0.05, 0) is 57.8 Å². The van der Waals surface area contributed by atoms with Crippen molar-refractivity contribution in [2.24, 2.45) is 0 Å². The Morgan fingerprint density at radius 2 is 0.880 bits per heavy atom. The molecule has 0 saturated carbocycles. The molecule has 4 heteroatoms. The number of rotatable bonds is 38. The highest BCUT2D eigenvalue weighted by atomic mass is 16.3. The molecule has 0 aromatic rings. The van der Waals surface area contributed by atoms with E-state index in [0.29, 0.717) is 12.8 Å². The van der Waals surface area contributed by atoms with Gasteiger partial charge < -0.3 is 15.5 Å². The fourth-order valence-corrected chi connectivity index (χ4v) is 6.27. The molecule has 0 rings (SSSR count). The summed E-state index contributed by atoms with van der Waals surface area (Å²) in [5.41, 5.74) is 0. The summed E-state index contributed by atoms with van der Waals surface area (Å²) in [5.74, 6) is -0.0638. The number of nitrogens with one attached hydrogen (secondary N) is 1. The SMILES string of the molecule is CC/C=C\C/C=C\C/C=C\C/C=C\C/C=C\CCCCCC(=O)NC(CO)C(O)CCCCCCCCCCCCCCCCCCCCC. The van der Waals surface area contributed by atoms with Gasteiger partial charge in [0, 0.05) is 6.42 Å². The predicted octanol–water partition coefficient (Wildman–Crippen LogP) is 13.3. The number of aliphatic hydroxyl groups excluding tert-OH is 2. The molecule has 0 spiro atoms. The first-order valence-electron chi connectivity index (χ1n) is 21.5. The second-order valence-electron chi connectivity index (χ2n) is 14.4. The summed E-state index contributed by atoms with van der Waals surface area (Å²) in [6.45, 7) is 4.23. The van der Waals surface area contributed by atoms with Gasteiger partial charge in [-0.25, -0.2) is 0 Å². The van der Waals surface area contributed by atoms with Crippen LogP contribution in [0.3, 0.4) is 0 Å². The lowest BCUT2D eigenvalue weighted by Crippen LogP contribution is -2.45. The van der Waals surface area contributed by atoms with Gasteiger partial charge in [-0.2, -0.15) is 0 Å². The number of allylic oxidation sites excluding steroid dienone is 10. The molecule has 290 valence electrons. The second kappa shape index (κ2) is 41.5. The quantitative estimate of drug-likeness (QED) is 0.0444. The molecule has 0 fully saturated rings. The summed E-state index contributed by atoms with van der Waals surface area (Å²) in [7, 11) is 0. The first kappa shape index (κ1) is 48.1. The predicted molar refractivity (Wildman–Crippen MR) is 221 cm³/mol. The standard InChI is InChI=1S/C46H83NO3/c1-3-5-7-9-11-13-15-17-19-21-23-25-27-29-31-33-35-37-39-41-45(49)44(43-48)47-46(50)42-40-38-36-34-32-30-28-26-24-22-20-18-16-14-12-10-8-6-4-2/h6,8,12,14,18,20,24,26,30,32,44-45,48-49H,3-5,7,9-11,13,15-17,19,21-23,25,27-29,31,33-43H2,1-2H3,(H,47,50)/b8-6-,14-12-,20-18-,26-24-,32-30-. The van der Waals surface area contributed by atoms with Crippen molar-refractivity contribution in [1.82, 2.24) is 5.32 Å².